The first kappa shape index (κ1) is 16.2. The van der Waals surface area contributed by atoms with Crippen LogP contribution in [0.15, 0.2) is 24.3 Å². The van der Waals surface area contributed by atoms with E-state index in [1.807, 2.05) is 0 Å². The third-order valence-electron chi connectivity index (χ3n) is 2.79. The van der Waals surface area contributed by atoms with E-state index in [1.54, 1.807) is 24.3 Å². The van der Waals surface area contributed by atoms with Gasteiger partial charge in [0, 0.05) is 5.69 Å². The molecule has 0 bridgehead atoms. The maximum Gasteiger partial charge on any atom is 0.224 e. The van der Waals surface area contributed by atoms with Crippen molar-refractivity contribution in [3.8, 4) is 5.75 Å². The number of aliphatic hydroxyl groups is 3. The van der Waals surface area contributed by atoms with E-state index in [-0.39, 0.29) is 13.0 Å². The summed E-state index contributed by atoms with van der Waals surface area (Å²) < 4.78 is 5.34. The van der Waals surface area contributed by atoms with Crippen LogP contribution in [0, 0.1) is 0 Å². The molecule has 0 aliphatic heterocycles. The second-order valence-electron chi connectivity index (χ2n) is 4.47. The van der Waals surface area contributed by atoms with Crippen molar-refractivity contribution >= 4 is 11.6 Å². The summed E-state index contributed by atoms with van der Waals surface area (Å²) in [5.74, 6) is 0.155. The van der Waals surface area contributed by atoms with Crippen molar-refractivity contribution < 1.29 is 24.9 Å². The van der Waals surface area contributed by atoms with Crippen molar-refractivity contribution in [1.82, 2.24) is 5.32 Å². The number of benzene rings is 1. The van der Waals surface area contributed by atoms with Crippen LogP contribution in [-0.4, -0.2) is 53.2 Å². The second-order valence-corrected chi connectivity index (χ2v) is 4.47. The fourth-order valence-corrected chi connectivity index (χ4v) is 1.45. The Morgan fingerprint density at radius 1 is 1.15 bits per heavy atom. The number of amides is 1. The van der Waals surface area contributed by atoms with E-state index in [0.717, 1.165) is 0 Å². The monoisotopic (exact) mass is 284 g/mol. The number of carbonyl (C=O) groups excluding carboxylic acids is 1. The molecule has 0 radical (unpaired) electrons. The highest BCUT2D eigenvalue weighted by molar-refractivity contribution is 5.77. The summed E-state index contributed by atoms with van der Waals surface area (Å²) in [7, 11) is 0. The number of nitrogens with one attached hydrogen (secondary N) is 1. The number of anilines is 1. The van der Waals surface area contributed by atoms with Gasteiger partial charge in [0.15, 0.2) is 0 Å². The minimum Gasteiger partial charge on any atom is -0.493 e. The fourth-order valence-electron chi connectivity index (χ4n) is 1.45. The van der Waals surface area contributed by atoms with Crippen molar-refractivity contribution in [1.29, 1.82) is 0 Å². The largest absolute Gasteiger partial charge is 0.493 e. The molecule has 0 unspecified atom stereocenters. The Labute approximate surface area is 117 Å². The molecule has 0 heterocycles. The fraction of sp³-hybridized carbons (Fsp3) is 0.462. The molecule has 0 saturated heterocycles. The predicted molar refractivity (Wildman–Crippen MR) is 73.1 cm³/mol. The van der Waals surface area contributed by atoms with Crippen LogP contribution in [0.2, 0.25) is 0 Å². The lowest BCUT2D eigenvalue weighted by atomic mass is 10.0. The van der Waals surface area contributed by atoms with Gasteiger partial charge in [-0.1, -0.05) is 0 Å². The maximum atomic E-state index is 11.6. The molecule has 1 amide bonds. The number of carbonyl (C=O) groups is 1. The van der Waals surface area contributed by atoms with Gasteiger partial charge in [0.05, 0.1) is 32.8 Å². The van der Waals surface area contributed by atoms with Crippen LogP contribution in [0.3, 0.4) is 0 Å². The summed E-state index contributed by atoms with van der Waals surface area (Å²) >= 11 is 0. The molecule has 1 rings (SSSR count). The van der Waals surface area contributed by atoms with Gasteiger partial charge in [-0.15, -0.1) is 0 Å². The van der Waals surface area contributed by atoms with Crippen molar-refractivity contribution in [2.75, 3.05) is 32.2 Å². The Balaban J connectivity index is 2.38. The first-order valence-electron chi connectivity index (χ1n) is 6.17. The second kappa shape index (κ2) is 7.68. The Kier molecular flexibility index (Phi) is 6.23. The molecular weight excluding hydrogens is 264 g/mol. The highest BCUT2D eigenvalue weighted by Gasteiger charge is 2.29. The van der Waals surface area contributed by atoms with Gasteiger partial charge in [-0.2, -0.15) is 0 Å². The number of ether oxygens (including phenoxy) is 1. The molecule has 0 fully saturated rings. The minimum absolute atomic E-state index is 0.0339. The van der Waals surface area contributed by atoms with Crippen molar-refractivity contribution in [3.05, 3.63) is 24.3 Å². The van der Waals surface area contributed by atoms with Gasteiger partial charge in [-0.3, -0.25) is 4.79 Å². The normalized spacial score (nSPS) is 11.2. The lowest BCUT2D eigenvalue weighted by Crippen LogP contribution is -2.57. The van der Waals surface area contributed by atoms with Crippen LogP contribution in [0.5, 0.6) is 5.75 Å². The van der Waals surface area contributed by atoms with Crippen molar-refractivity contribution in [2.45, 2.75) is 12.0 Å². The molecule has 0 spiro atoms. The van der Waals surface area contributed by atoms with E-state index in [9.17, 15) is 4.79 Å². The lowest BCUT2D eigenvalue weighted by molar-refractivity contribution is -0.125. The average Bonchev–Trinajstić information content (AvgIpc) is 2.47. The minimum atomic E-state index is -1.40. The van der Waals surface area contributed by atoms with Gasteiger partial charge in [-0.25, -0.2) is 0 Å². The van der Waals surface area contributed by atoms with E-state index < -0.39 is 31.3 Å². The lowest BCUT2D eigenvalue weighted by Gasteiger charge is -2.28. The molecule has 0 aliphatic rings. The number of nitrogens with two attached hydrogens (primary N) is 1. The molecule has 1 aromatic rings. The molecule has 112 valence electrons. The highest BCUT2D eigenvalue weighted by Crippen LogP contribution is 2.13. The molecule has 1 aromatic carbocycles. The van der Waals surface area contributed by atoms with Gasteiger partial charge in [-0.05, 0) is 24.3 Å². The maximum absolute atomic E-state index is 11.6. The van der Waals surface area contributed by atoms with Crippen LogP contribution in [0.25, 0.3) is 0 Å². The number of aliphatic hydroxyl groups excluding tert-OH is 3. The summed E-state index contributed by atoms with van der Waals surface area (Å²) in [5, 5.41) is 29.6. The summed E-state index contributed by atoms with van der Waals surface area (Å²) in [5.41, 5.74) is 4.74. The van der Waals surface area contributed by atoms with Crippen LogP contribution in [0.4, 0.5) is 5.69 Å². The van der Waals surface area contributed by atoms with Crippen LogP contribution < -0.4 is 15.8 Å². The van der Waals surface area contributed by atoms with E-state index in [4.69, 9.17) is 25.8 Å². The zero-order valence-electron chi connectivity index (χ0n) is 11.1. The number of hydrogen-bond acceptors (Lipinski definition) is 6. The molecule has 7 heteroatoms. The van der Waals surface area contributed by atoms with Gasteiger partial charge in [0.2, 0.25) is 5.91 Å². The van der Waals surface area contributed by atoms with Crippen molar-refractivity contribution in [2.24, 2.45) is 0 Å². The standard InChI is InChI=1S/C13H20N2O5/c14-10-1-3-11(4-2-10)20-6-5-12(19)15-13(7-16,8-17)9-18/h1-4,16-18H,5-9,14H2,(H,15,19). The third kappa shape index (κ3) is 4.69. The third-order valence-corrected chi connectivity index (χ3v) is 2.79. The Bertz CT molecular complexity index is 409. The molecule has 0 atom stereocenters. The zero-order valence-corrected chi connectivity index (χ0v) is 11.1. The summed E-state index contributed by atoms with van der Waals surface area (Å²) in [4.78, 5) is 11.6. The molecule has 0 saturated carbocycles. The molecule has 7 nitrogen and oxygen atoms in total. The Morgan fingerprint density at radius 2 is 1.70 bits per heavy atom. The van der Waals surface area contributed by atoms with Gasteiger partial charge in [0.1, 0.15) is 11.3 Å². The molecule has 6 N–H and O–H groups in total. The van der Waals surface area contributed by atoms with Crippen LogP contribution in [0.1, 0.15) is 6.42 Å². The van der Waals surface area contributed by atoms with Crippen LogP contribution >= 0.6 is 0 Å². The van der Waals surface area contributed by atoms with Crippen molar-refractivity contribution in [3.63, 3.8) is 0 Å². The first-order valence-corrected chi connectivity index (χ1v) is 6.17. The number of hydrogen-bond donors (Lipinski definition) is 5. The van der Waals surface area contributed by atoms with Gasteiger partial charge >= 0.3 is 0 Å². The summed E-state index contributed by atoms with van der Waals surface area (Å²) in [6.07, 6.45) is 0.0339. The van der Waals surface area contributed by atoms with E-state index in [1.165, 1.54) is 0 Å². The Hall–Kier alpha value is -1.83. The quantitative estimate of drug-likeness (QED) is 0.385. The average molecular weight is 284 g/mol. The van der Waals surface area contributed by atoms with Gasteiger partial charge in [0.25, 0.3) is 0 Å². The number of rotatable bonds is 8. The SMILES string of the molecule is Nc1ccc(OCCC(=O)NC(CO)(CO)CO)cc1. The molecular formula is C13H20N2O5. The molecule has 0 aromatic heterocycles. The Morgan fingerprint density at radius 3 is 2.20 bits per heavy atom. The topological polar surface area (TPSA) is 125 Å². The first-order chi connectivity index (χ1) is 9.55. The van der Waals surface area contributed by atoms with Gasteiger partial charge < -0.3 is 31.1 Å². The number of nitrogen functional groups attached to an aromatic ring is 1. The molecule has 20 heavy (non-hydrogen) atoms. The van der Waals surface area contributed by atoms with E-state index in [2.05, 4.69) is 5.32 Å². The summed E-state index contributed by atoms with van der Waals surface area (Å²) in [6.45, 7) is -1.52. The van der Waals surface area contributed by atoms with E-state index >= 15 is 0 Å². The molecule has 0 aliphatic carbocycles. The highest BCUT2D eigenvalue weighted by atomic mass is 16.5. The predicted octanol–water partition coefficient (Wildman–Crippen LogP) is -1.13. The van der Waals surface area contributed by atoms with Crippen LogP contribution in [-0.2, 0) is 4.79 Å². The van der Waals surface area contributed by atoms with E-state index in [0.29, 0.717) is 11.4 Å². The zero-order chi connectivity index (χ0) is 15.0. The summed E-state index contributed by atoms with van der Waals surface area (Å²) in [6, 6.07) is 6.74. The smallest absolute Gasteiger partial charge is 0.224 e.